The van der Waals surface area contributed by atoms with Gasteiger partial charge >= 0.3 is 0 Å². The third-order valence-electron chi connectivity index (χ3n) is 5.39. The Hall–Kier alpha value is -3.21. The van der Waals surface area contributed by atoms with Gasteiger partial charge in [0.15, 0.2) is 0 Å². The molecule has 0 radical (unpaired) electrons. The predicted octanol–water partition coefficient (Wildman–Crippen LogP) is 4.52. The predicted molar refractivity (Wildman–Crippen MR) is 116 cm³/mol. The molecule has 1 unspecified atom stereocenters. The highest BCUT2D eigenvalue weighted by molar-refractivity contribution is 6.06. The number of carbonyl (C=O) groups is 2. The Balaban J connectivity index is 1.56. The van der Waals surface area contributed by atoms with E-state index in [0.29, 0.717) is 12.2 Å². The molecule has 1 atom stereocenters. The van der Waals surface area contributed by atoms with E-state index in [1.807, 2.05) is 48.5 Å². The van der Waals surface area contributed by atoms with Gasteiger partial charge in [-0.3, -0.25) is 14.6 Å². The van der Waals surface area contributed by atoms with Crippen LogP contribution in [0.15, 0.2) is 60.8 Å². The number of nitrogens with one attached hydrogen (secondary N) is 1. The third kappa shape index (κ3) is 3.73. The summed E-state index contributed by atoms with van der Waals surface area (Å²) in [5.74, 6) is -0.556. The normalized spacial score (nSPS) is 17.0. The third-order valence-corrected chi connectivity index (χ3v) is 5.39. The van der Waals surface area contributed by atoms with Gasteiger partial charge in [0.25, 0.3) is 0 Å². The summed E-state index contributed by atoms with van der Waals surface area (Å²) in [5.41, 5.74) is 3.34. The average molecular weight is 387 g/mol. The van der Waals surface area contributed by atoms with Gasteiger partial charge in [-0.15, -0.1) is 0 Å². The highest BCUT2D eigenvalue weighted by Crippen LogP contribution is 2.35. The second kappa shape index (κ2) is 7.32. The molecule has 2 aromatic carbocycles. The molecule has 5 nitrogen and oxygen atoms in total. The van der Waals surface area contributed by atoms with E-state index in [2.05, 4.69) is 37.1 Å². The minimum atomic E-state index is -0.394. The summed E-state index contributed by atoms with van der Waals surface area (Å²) in [5, 5.41) is 3.95. The first-order chi connectivity index (χ1) is 13.8. The zero-order valence-corrected chi connectivity index (χ0v) is 17.0. The highest BCUT2D eigenvalue weighted by atomic mass is 16.2. The Morgan fingerprint density at radius 2 is 1.83 bits per heavy atom. The van der Waals surface area contributed by atoms with Gasteiger partial charge in [0.2, 0.25) is 11.8 Å². The van der Waals surface area contributed by atoms with Gasteiger partial charge in [0.05, 0.1) is 17.1 Å². The van der Waals surface area contributed by atoms with Gasteiger partial charge < -0.3 is 10.2 Å². The summed E-state index contributed by atoms with van der Waals surface area (Å²) >= 11 is 0. The van der Waals surface area contributed by atoms with Crippen molar-refractivity contribution in [3.63, 3.8) is 0 Å². The molecule has 2 heterocycles. The van der Waals surface area contributed by atoms with Crippen LogP contribution < -0.4 is 10.2 Å². The summed E-state index contributed by atoms with van der Waals surface area (Å²) in [7, 11) is 0. The summed E-state index contributed by atoms with van der Waals surface area (Å²) in [6.07, 6.45) is 1.92. The van der Waals surface area contributed by atoms with Crippen LogP contribution in [0.25, 0.3) is 10.9 Å². The zero-order valence-electron chi connectivity index (χ0n) is 17.0. The van der Waals surface area contributed by atoms with Crippen LogP contribution in [-0.4, -0.2) is 23.3 Å². The fourth-order valence-electron chi connectivity index (χ4n) is 3.90. The van der Waals surface area contributed by atoms with Crippen LogP contribution in [0.3, 0.4) is 0 Å². The number of anilines is 2. The van der Waals surface area contributed by atoms with Gasteiger partial charge in [-0.05, 0) is 29.2 Å². The Morgan fingerprint density at radius 1 is 1.07 bits per heavy atom. The van der Waals surface area contributed by atoms with E-state index in [4.69, 9.17) is 0 Å². The van der Waals surface area contributed by atoms with Crippen molar-refractivity contribution >= 4 is 34.1 Å². The molecule has 0 saturated carbocycles. The molecule has 1 aliphatic heterocycles. The first-order valence-electron chi connectivity index (χ1n) is 9.89. The fraction of sp³-hybridized carbons (Fsp3) is 0.292. The summed E-state index contributed by atoms with van der Waals surface area (Å²) in [6.45, 7) is 6.77. The lowest BCUT2D eigenvalue weighted by molar-refractivity contribution is -0.122. The number of rotatable bonds is 3. The van der Waals surface area contributed by atoms with E-state index in [9.17, 15) is 9.59 Å². The van der Waals surface area contributed by atoms with Crippen LogP contribution in [-0.2, 0) is 15.0 Å². The lowest BCUT2D eigenvalue weighted by atomic mass is 9.85. The molecule has 4 rings (SSSR count). The van der Waals surface area contributed by atoms with Crippen molar-refractivity contribution in [3.05, 3.63) is 66.4 Å². The van der Waals surface area contributed by atoms with E-state index < -0.39 is 5.92 Å². The van der Waals surface area contributed by atoms with E-state index in [0.717, 1.165) is 22.2 Å². The van der Waals surface area contributed by atoms with Crippen molar-refractivity contribution in [3.8, 4) is 0 Å². The molecule has 1 fully saturated rings. The van der Waals surface area contributed by atoms with Gasteiger partial charge in [-0.25, -0.2) is 0 Å². The van der Waals surface area contributed by atoms with Gasteiger partial charge in [-0.1, -0.05) is 57.2 Å². The number of nitrogens with zero attached hydrogens (tertiary/aromatic N) is 2. The second-order valence-electron chi connectivity index (χ2n) is 8.54. The number of amides is 2. The van der Waals surface area contributed by atoms with Gasteiger partial charge in [0, 0.05) is 30.2 Å². The largest absolute Gasteiger partial charge is 0.324 e. The van der Waals surface area contributed by atoms with E-state index >= 15 is 0 Å². The van der Waals surface area contributed by atoms with Crippen LogP contribution in [0.5, 0.6) is 0 Å². The van der Waals surface area contributed by atoms with Crippen LogP contribution in [0.1, 0.15) is 32.8 Å². The van der Waals surface area contributed by atoms with E-state index in [1.165, 1.54) is 0 Å². The van der Waals surface area contributed by atoms with Crippen LogP contribution in [0.4, 0.5) is 11.4 Å². The topological polar surface area (TPSA) is 62.3 Å². The molecule has 0 aliphatic carbocycles. The maximum atomic E-state index is 12.9. The SMILES string of the molecule is CC(C)(C)c1ccccc1N1CC(C(=O)Nc2cccc3cccnc23)CC1=O. The van der Waals surface area contributed by atoms with Crippen LogP contribution in [0, 0.1) is 5.92 Å². The first kappa shape index (κ1) is 19.1. The van der Waals surface area contributed by atoms with Gasteiger partial charge in [0.1, 0.15) is 0 Å². The minimum absolute atomic E-state index is 0.0158. The molecule has 1 aliphatic rings. The van der Waals surface area contributed by atoms with Crippen LogP contribution in [0.2, 0.25) is 0 Å². The summed E-state index contributed by atoms with van der Waals surface area (Å²) in [4.78, 5) is 31.9. The Labute approximate surface area is 170 Å². The molecule has 29 heavy (non-hydrogen) atoms. The average Bonchev–Trinajstić information content (AvgIpc) is 3.09. The number of carbonyl (C=O) groups excluding carboxylic acids is 2. The van der Waals surface area contributed by atoms with Crippen molar-refractivity contribution in [2.75, 3.05) is 16.8 Å². The molecular formula is C24H25N3O2. The zero-order chi connectivity index (χ0) is 20.6. The quantitative estimate of drug-likeness (QED) is 0.718. The fourth-order valence-corrected chi connectivity index (χ4v) is 3.90. The number of para-hydroxylation sites is 2. The van der Waals surface area contributed by atoms with Crippen molar-refractivity contribution in [2.24, 2.45) is 5.92 Å². The minimum Gasteiger partial charge on any atom is -0.324 e. The summed E-state index contributed by atoms with van der Waals surface area (Å²) in [6, 6.07) is 17.5. The molecule has 2 amide bonds. The monoisotopic (exact) mass is 387 g/mol. The van der Waals surface area contributed by atoms with E-state index in [1.54, 1.807) is 11.1 Å². The molecular weight excluding hydrogens is 362 g/mol. The number of pyridine rings is 1. The van der Waals surface area contributed by atoms with E-state index in [-0.39, 0.29) is 23.7 Å². The number of hydrogen-bond donors (Lipinski definition) is 1. The van der Waals surface area contributed by atoms with Crippen molar-refractivity contribution < 1.29 is 9.59 Å². The van der Waals surface area contributed by atoms with Crippen molar-refractivity contribution in [1.29, 1.82) is 0 Å². The first-order valence-corrected chi connectivity index (χ1v) is 9.89. The lowest BCUT2D eigenvalue weighted by Crippen LogP contribution is -2.30. The van der Waals surface area contributed by atoms with Crippen LogP contribution >= 0.6 is 0 Å². The smallest absolute Gasteiger partial charge is 0.229 e. The summed E-state index contributed by atoms with van der Waals surface area (Å²) < 4.78 is 0. The maximum Gasteiger partial charge on any atom is 0.229 e. The number of fused-ring (bicyclic) bond motifs is 1. The Morgan fingerprint density at radius 3 is 2.62 bits per heavy atom. The van der Waals surface area contributed by atoms with Crippen molar-refractivity contribution in [2.45, 2.75) is 32.6 Å². The Bertz CT molecular complexity index is 1080. The number of benzene rings is 2. The van der Waals surface area contributed by atoms with Gasteiger partial charge in [-0.2, -0.15) is 0 Å². The molecule has 0 spiro atoms. The standard InChI is InChI=1S/C24H25N3O2/c1-24(2,3)18-10-4-5-12-20(18)27-15-17(14-21(27)28)23(29)26-19-11-6-8-16-9-7-13-25-22(16)19/h4-13,17H,14-15H2,1-3H3,(H,26,29). The molecule has 5 heteroatoms. The van der Waals surface area contributed by atoms with Crippen molar-refractivity contribution in [1.82, 2.24) is 4.98 Å². The molecule has 0 bridgehead atoms. The Kier molecular flexibility index (Phi) is 4.82. The maximum absolute atomic E-state index is 12.9. The molecule has 148 valence electrons. The molecule has 1 saturated heterocycles. The molecule has 1 N–H and O–H groups in total. The molecule has 3 aromatic rings. The second-order valence-corrected chi connectivity index (χ2v) is 8.54. The number of hydrogen-bond acceptors (Lipinski definition) is 3. The molecule has 1 aromatic heterocycles. The number of aromatic nitrogens is 1. The lowest BCUT2D eigenvalue weighted by Gasteiger charge is -2.27. The highest BCUT2D eigenvalue weighted by Gasteiger charge is 2.37.